The van der Waals surface area contributed by atoms with E-state index >= 15 is 0 Å². The highest BCUT2D eigenvalue weighted by molar-refractivity contribution is 14.1. The third-order valence-corrected chi connectivity index (χ3v) is 5.92. The third kappa shape index (κ3) is 3.04. The molecule has 0 amide bonds. The molecule has 1 atom stereocenters. The summed E-state index contributed by atoms with van der Waals surface area (Å²) in [6.45, 7) is 2.01. The molecule has 1 aromatic heterocycles. The molecule has 21 heavy (non-hydrogen) atoms. The Hall–Kier alpha value is -0.800. The van der Waals surface area contributed by atoms with Crippen molar-refractivity contribution in [3.05, 3.63) is 59.9 Å². The molecule has 1 N–H and O–H groups in total. The van der Waals surface area contributed by atoms with E-state index in [1.807, 2.05) is 12.3 Å². The molecule has 3 rings (SSSR count). The van der Waals surface area contributed by atoms with Crippen LogP contribution in [0.2, 0.25) is 0 Å². The lowest BCUT2D eigenvalue weighted by Gasteiger charge is -2.24. The van der Waals surface area contributed by atoms with Gasteiger partial charge in [0.15, 0.2) is 10.8 Å². The third-order valence-electron chi connectivity index (χ3n) is 3.05. The quantitative estimate of drug-likeness (QED) is 0.630. The van der Waals surface area contributed by atoms with Gasteiger partial charge in [-0.1, -0.05) is 22.0 Å². The number of hydrogen-bond acceptors (Lipinski definition) is 4. The van der Waals surface area contributed by atoms with Crippen LogP contribution in [0.4, 0.5) is 4.39 Å². The minimum atomic E-state index is -0.264. The van der Waals surface area contributed by atoms with Crippen LogP contribution in [0.1, 0.15) is 23.5 Å². The van der Waals surface area contributed by atoms with E-state index in [0.29, 0.717) is 0 Å². The second-order valence-corrected chi connectivity index (χ2v) is 7.39. The number of aliphatic imine (C=N–C) groups is 1. The maximum atomic E-state index is 13.3. The Morgan fingerprint density at radius 2 is 2.24 bits per heavy atom. The van der Waals surface area contributed by atoms with Crippen LogP contribution in [0, 0.1) is 5.82 Å². The van der Waals surface area contributed by atoms with Crippen LogP contribution in [0.3, 0.4) is 0 Å². The Morgan fingerprint density at radius 3 is 2.90 bits per heavy atom. The number of rotatable bonds is 2. The number of hydrogen-bond donors (Lipinski definition) is 1. The average Bonchev–Trinajstić information content (AvgIpc) is 2.96. The number of thiazole rings is 1. The van der Waals surface area contributed by atoms with Crippen LogP contribution in [0.25, 0.3) is 0 Å². The normalized spacial score (nSPS) is 18.5. The molecular formula is C14H10BrFIN3S. The van der Waals surface area contributed by atoms with E-state index in [-0.39, 0.29) is 11.9 Å². The van der Waals surface area contributed by atoms with E-state index in [4.69, 9.17) is 4.99 Å². The fourth-order valence-corrected chi connectivity index (χ4v) is 3.80. The van der Waals surface area contributed by atoms with E-state index in [1.165, 1.54) is 23.5 Å². The molecule has 0 fully saturated rings. The first-order valence-corrected chi connectivity index (χ1v) is 8.87. The van der Waals surface area contributed by atoms with Crippen LogP contribution < -0.4 is 5.32 Å². The number of benzene rings is 1. The number of aromatic nitrogens is 1. The van der Waals surface area contributed by atoms with E-state index in [1.54, 1.807) is 12.3 Å². The fraction of sp³-hybridized carbons (Fsp3) is 0.143. The van der Waals surface area contributed by atoms with E-state index < -0.39 is 0 Å². The van der Waals surface area contributed by atoms with Crippen molar-refractivity contribution in [3.63, 3.8) is 0 Å². The van der Waals surface area contributed by atoms with E-state index in [9.17, 15) is 4.39 Å². The van der Waals surface area contributed by atoms with Gasteiger partial charge in [0.1, 0.15) is 11.9 Å². The maximum absolute atomic E-state index is 13.3. The van der Waals surface area contributed by atoms with Gasteiger partial charge < -0.3 is 5.32 Å². The first-order chi connectivity index (χ1) is 10.1. The Morgan fingerprint density at radius 1 is 1.43 bits per heavy atom. The van der Waals surface area contributed by atoms with Crippen molar-refractivity contribution >= 4 is 55.7 Å². The first-order valence-electron chi connectivity index (χ1n) is 6.12. The van der Waals surface area contributed by atoms with Crippen LogP contribution in [0.15, 0.2) is 48.5 Å². The number of nitrogens with zero attached hydrogens (tertiary/aromatic N) is 2. The average molecular weight is 478 g/mol. The Labute approximate surface area is 147 Å². The molecule has 0 aliphatic carbocycles. The molecule has 2 heterocycles. The summed E-state index contributed by atoms with van der Waals surface area (Å²) in [6.07, 6.45) is 1.76. The number of allylic oxidation sites excluding steroid dienone is 1. The predicted molar refractivity (Wildman–Crippen MR) is 95.3 cm³/mol. The molecule has 0 saturated carbocycles. The summed E-state index contributed by atoms with van der Waals surface area (Å²) in [5.41, 5.74) is 1.98. The molecule has 0 spiro atoms. The molecule has 0 bridgehead atoms. The fourth-order valence-electron chi connectivity index (χ4n) is 2.04. The molecule has 1 aliphatic heterocycles. The molecule has 0 saturated heterocycles. The van der Waals surface area contributed by atoms with Gasteiger partial charge in [0, 0.05) is 25.3 Å². The molecule has 7 heteroatoms. The van der Waals surface area contributed by atoms with Gasteiger partial charge in [0.05, 0.1) is 0 Å². The molecule has 108 valence electrons. The largest absolute Gasteiger partial charge is 0.341 e. The summed E-state index contributed by atoms with van der Waals surface area (Å²) in [6, 6.07) is 4.54. The Kier molecular flexibility index (Phi) is 4.41. The van der Waals surface area contributed by atoms with Gasteiger partial charge in [-0.15, -0.1) is 11.3 Å². The van der Waals surface area contributed by atoms with Gasteiger partial charge in [0.2, 0.25) is 0 Å². The van der Waals surface area contributed by atoms with Gasteiger partial charge in [-0.25, -0.2) is 9.37 Å². The number of nitrogens with one attached hydrogen (secondary N) is 1. The van der Waals surface area contributed by atoms with Crippen molar-refractivity contribution in [1.82, 2.24) is 10.3 Å². The molecule has 0 radical (unpaired) electrons. The highest BCUT2D eigenvalue weighted by atomic mass is 127. The van der Waals surface area contributed by atoms with Crippen LogP contribution in [-0.2, 0) is 0 Å². The lowest BCUT2D eigenvalue weighted by molar-refractivity contribution is 0.625. The first kappa shape index (κ1) is 15.1. The van der Waals surface area contributed by atoms with Gasteiger partial charge in [0.25, 0.3) is 0 Å². The zero-order valence-corrected chi connectivity index (χ0v) is 15.5. The van der Waals surface area contributed by atoms with Crippen molar-refractivity contribution < 1.29 is 4.39 Å². The van der Waals surface area contributed by atoms with Crippen LogP contribution in [0.5, 0.6) is 0 Å². The molecule has 1 aliphatic rings. The van der Waals surface area contributed by atoms with Crippen LogP contribution >= 0.6 is 49.9 Å². The van der Waals surface area contributed by atoms with Gasteiger partial charge in [-0.05, 0) is 47.2 Å². The summed E-state index contributed by atoms with van der Waals surface area (Å²) in [5.74, 6) is 0.489. The van der Waals surface area contributed by atoms with Gasteiger partial charge in [-0.3, -0.25) is 4.99 Å². The van der Waals surface area contributed by atoms with Crippen molar-refractivity contribution in [2.24, 2.45) is 4.99 Å². The second kappa shape index (κ2) is 6.13. The van der Waals surface area contributed by atoms with Crippen molar-refractivity contribution in [1.29, 1.82) is 0 Å². The highest BCUT2D eigenvalue weighted by Gasteiger charge is 2.25. The summed E-state index contributed by atoms with van der Waals surface area (Å²) in [4.78, 5) is 9.04. The Bertz CT molecular complexity index is 743. The minimum absolute atomic E-state index is 0.152. The van der Waals surface area contributed by atoms with Gasteiger partial charge in [-0.2, -0.15) is 0 Å². The zero-order valence-electron chi connectivity index (χ0n) is 10.9. The van der Waals surface area contributed by atoms with Crippen molar-refractivity contribution in [2.75, 3.05) is 0 Å². The monoisotopic (exact) mass is 477 g/mol. The summed E-state index contributed by atoms with van der Waals surface area (Å²) < 4.78 is 15.1. The number of halogens is 3. The standard InChI is InChI=1S/C14H10BrFIN3S/c1-7-11(17)12(9-3-2-8(16)6-10(9)15)20-13(19-7)14-18-4-5-21-14/h2-6,12H,1H3,(H,19,20). The second-order valence-electron chi connectivity index (χ2n) is 4.48. The minimum Gasteiger partial charge on any atom is -0.341 e. The van der Waals surface area contributed by atoms with E-state index in [0.717, 1.165) is 30.2 Å². The highest BCUT2D eigenvalue weighted by Crippen LogP contribution is 2.38. The van der Waals surface area contributed by atoms with Gasteiger partial charge >= 0.3 is 0 Å². The molecule has 2 aromatic rings. The maximum Gasteiger partial charge on any atom is 0.163 e. The topological polar surface area (TPSA) is 37.3 Å². The number of amidine groups is 1. The smallest absolute Gasteiger partial charge is 0.163 e. The molecular weight excluding hydrogens is 468 g/mol. The Balaban J connectivity index is 2.07. The van der Waals surface area contributed by atoms with E-state index in [2.05, 4.69) is 48.8 Å². The van der Waals surface area contributed by atoms with Crippen LogP contribution in [-0.4, -0.2) is 10.8 Å². The zero-order chi connectivity index (χ0) is 15.0. The summed E-state index contributed by atoms with van der Waals surface area (Å²) >= 11 is 7.25. The SMILES string of the molecule is CC1=C(I)C(c2ccc(F)cc2Br)N=C(c2nccs2)N1. The predicted octanol–water partition coefficient (Wildman–Crippen LogP) is 4.80. The molecule has 1 unspecified atom stereocenters. The summed E-state index contributed by atoms with van der Waals surface area (Å²) in [7, 11) is 0. The molecule has 3 nitrogen and oxygen atoms in total. The lowest BCUT2D eigenvalue weighted by Crippen LogP contribution is -2.28. The lowest BCUT2D eigenvalue weighted by atomic mass is 10.1. The van der Waals surface area contributed by atoms with Crippen molar-refractivity contribution in [3.8, 4) is 0 Å². The molecule has 1 aromatic carbocycles. The van der Waals surface area contributed by atoms with Crippen molar-refractivity contribution in [2.45, 2.75) is 13.0 Å². The summed E-state index contributed by atoms with van der Waals surface area (Å²) in [5, 5.41) is 6.05.